The van der Waals surface area contributed by atoms with Gasteiger partial charge in [-0.1, -0.05) is 0 Å². The Morgan fingerprint density at radius 1 is 1.53 bits per heavy atom. The molecule has 0 aromatic carbocycles. The third-order valence-corrected chi connectivity index (χ3v) is 3.26. The van der Waals surface area contributed by atoms with Crippen molar-refractivity contribution in [3.05, 3.63) is 52.6 Å². The van der Waals surface area contributed by atoms with E-state index in [1.165, 1.54) is 12.3 Å². The second-order valence-corrected chi connectivity index (χ2v) is 4.78. The molecule has 1 atom stereocenters. The number of aliphatic hydroxyl groups is 1. The van der Waals surface area contributed by atoms with E-state index in [0.29, 0.717) is 18.7 Å². The fourth-order valence-electron chi connectivity index (χ4n) is 1.56. The summed E-state index contributed by atoms with van der Waals surface area (Å²) in [6.07, 6.45) is 4.50. The van der Waals surface area contributed by atoms with Crippen molar-refractivity contribution in [2.24, 2.45) is 0 Å². The molecule has 0 aliphatic heterocycles. The number of thiophene rings is 1. The molecule has 19 heavy (non-hydrogen) atoms. The number of carbonyl (C=O) groups excluding carboxylic acids is 1. The molecule has 0 aliphatic carbocycles. The predicted molar refractivity (Wildman–Crippen MR) is 74.6 cm³/mol. The van der Waals surface area contributed by atoms with E-state index in [1.807, 2.05) is 16.8 Å². The second kappa shape index (κ2) is 6.92. The maximum absolute atomic E-state index is 11.5. The Hall–Kier alpha value is -1.85. The van der Waals surface area contributed by atoms with E-state index in [1.54, 1.807) is 29.5 Å². The van der Waals surface area contributed by atoms with Crippen molar-refractivity contribution >= 4 is 23.3 Å². The standard InChI is InChI=1S/C14H15NO3S/c16-12(13-2-1-8-18-13)5-7-15-14(17)4-3-11-6-9-19-10-11/h1-4,6,8-10,12,16H,5,7H2,(H,15,17)/b4-3+/t12-/m1/s1. The molecule has 0 spiro atoms. The van der Waals surface area contributed by atoms with Gasteiger partial charge in [0.25, 0.3) is 0 Å². The zero-order chi connectivity index (χ0) is 13.5. The first-order valence-corrected chi connectivity index (χ1v) is 6.89. The van der Waals surface area contributed by atoms with Crippen LogP contribution in [0.3, 0.4) is 0 Å². The molecule has 0 radical (unpaired) electrons. The lowest BCUT2D eigenvalue weighted by Gasteiger charge is -2.07. The number of hydrogen-bond acceptors (Lipinski definition) is 4. The smallest absolute Gasteiger partial charge is 0.244 e. The van der Waals surface area contributed by atoms with Crippen LogP contribution >= 0.6 is 11.3 Å². The minimum absolute atomic E-state index is 0.169. The Labute approximate surface area is 115 Å². The minimum atomic E-state index is -0.684. The molecule has 0 saturated carbocycles. The summed E-state index contributed by atoms with van der Waals surface area (Å²) >= 11 is 1.59. The Morgan fingerprint density at radius 2 is 2.42 bits per heavy atom. The molecule has 5 heteroatoms. The van der Waals surface area contributed by atoms with Crippen LogP contribution in [0.5, 0.6) is 0 Å². The zero-order valence-corrected chi connectivity index (χ0v) is 11.1. The third kappa shape index (κ3) is 4.39. The second-order valence-electron chi connectivity index (χ2n) is 4.00. The molecule has 2 heterocycles. The fraction of sp³-hybridized carbons (Fsp3) is 0.214. The van der Waals surface area contributed by atoms with E-state index >= 15 is 0 Å². The van der Waals surface area contributed by atoms with Gasteiger partial charge in [0.2, 0.25) is 5.91 Å². The van der Waals surface area contributed by atoms with Crippen LogP contribution in [-0.2, 0) is 4.79 Å². The number of rotatable bonds is 6. The largest absolute Gasteiger partial charge is 0.467 e. The number of amides is 1. The number of aliphatic hydroxyl groups excluding tert-OH is 1. The zero-order valence-electron chi connectivity index (χ0n) is 10.3. The van der Waals surface area contributed by atoms with Crippen LogP contribution in [0.1, 0.15) is 23.8 Å². The molecular formula is C14H15NO3S. The minimum Gasteiger partial charge on any atom is -0.467 e. The summed E-state index contributed by atoms with van der Waals surface area (Å²) in [6, 6.07) is 5.37. The Balaban J connectivity index is 1.69. The SMILES string of the molecule is O=C(/C=C/c1ccsc1)NCC[C@@H](O)c1ccco1. The summed E-state index contributed by atoms with van der Waals surface area (Å²) < 4.78 is 5.07. The quantitative estimate of drug-likeness (QED) is 0.798. The summed E-state index contributed by atoms with van der Waals surface area (Å²) in [5.74, 6) is 0.348. The molecule has 0 saturated heterocycles. The van der Waals surface area contributed by atoms with Crippen molar-refractivity contribution in [3.63, 3.8) is 0 Å². The van der Waals surface area contributed by atoms with Gasteiger partial charge in [-0.2, -0.15) is 11.3 Å². The highest BCUT2D eigenvalue weighted by molar-refractivity contribution is 7.08. The monoisotopic (exact) mass is 277 g/mol. The molecular weight excluding hydrogens is 262 g/mol. The highest BCUT2D eigenvalue weighted by atomic mass is 32.1. The summed E-state index contributed by atoms with van der Waals surface area (Å²) in [5.41, 5.74) is 1.01. The lowest BCUT2D eigenvalue weighted by Crippen LogP contribution is -2.23. The molecule has 0 unspecified atom stereocenters. The van der Waals surface area contributed by atoms with Gasteiger partial charge in [0.1, 0.15) is 11.9 Å². The molecule has 2 aromatic rings. The van der Waals surface area contributed by atoms with Gasteiger partial charge >= 0.3 is 0 Å². The number of carbonyl (C=O) groups is 1. The predicted octanol–water partition coefficient (Wildman–Crippen LogP) is 2.59. The average molecular weight is 277 g/mol. The van der Waals surface area contributed by atoms with Gasteiger partial charge in [-0.15, -0.1) is 0 Å². The van der Waals surface area contributed by atoms with Gasteiger partial charge in [0.15, 0.2) is 0 Å². The van der Waals surface area contributed by atoms with Gasteiger partial charge in [-0.25, -0.2) is 0 Å². The molecule has 0 fully saturated rings. The van der Waals surface area contributed by atoms with E-state index in [9.17, 15) is 9.90 Å². The fourth-order valence-corrected chi connectivity index (χ4v) is 2.18. The third-order valence-electron chi connectivity index (χ3n) is 2.56. The molecule has 0 aliphatic rings. The van der Waals surface area contributed by atoms with E-state index in [0.717, 1.165) is 5.56 Å². The highest BCUT2D eigenvalue weighted by Gasteiger charge is 2.09. The van der Waals surface area contributed by atoms with Crippen molar-refractivity contribution in [1.82, 2.24) is 5.32 Å². The van der Waals surface area contributed by atoms with Crippen LogP contribution in [-0.4, -0.2) is 17.6 Å². The van der Waals surface area contributed by atoms with Gasteiger partial charge in [-0.3, -0.25) is 4.79 Å². The number of nitrogens with one attached hydrogen (secondary N) is 1. The first kappa shape index (κ1) is 13.6. The van der Waals surface area contributed by atoms with E-state index in [-0.39, 0.29) is 5.91 Å². The highest BCUT2D eigenvalue weighted by Crippen LogP contribution is 2.15. The van der Waals surface area contributed by atoms with E-state index in [4.69, 9.17) is 4.42 Å². The lowest BCUT2D eigenvalue weighted by atomic mass is 10.2. The van der Waals surface area contributed by atoms with Crippen LogP contribution in [0.4, 0.5) is 0 Å². The Kier molecular flexibility index (Phi) is 4.94. The Morgan fingerprint density at radius 3 is 3.11 bits per heavy atom. The molecule has 2 rings (SSSR count). The van der Waals surface area contributed by atoms with Crippen LogP contribution in [0.15, 0.2) is 45.7 Å². The Bertz CT molecular complexity index is 517. The molecule has 0 bridgehead atoms. The van der Waals surface area contributed by atoms with Crippen molar-refractivity contribution in [2.75, 3.05) is 6.54 Å². The summed E-state index contributed by atoms with van der Waals surface area (Å²) in [7, 11) is 0. The van der Waals surface area contributed by atoms with Crippen LogP contribution in [0, 0.1) is 0 Å². The molecule has 100 valence electrons. The summed E-state index contributed by atoms with van der Waals surface area (Å²) in [6.45, 7) is 0.397. The summed E-state index contributed by atoms with van der Waals surface area (Å²) in [5, 5.41) is 16.4. The normalized spacial score (nSPS) is 12.7. The van der Waals surface area contributed by atoms with Crippen molar-refractivity contribution in [3.8, 4) is 0 Å². The first-order chi connectivity index (χ1) is 9.25. The van der Waals surface area contributed by atoms with Crippen LogP contribution in [0.2, 0.25) is 0 Å². The van der Waals surface area contributed by atoms with Gasteiger partial charge in [0, 0.05) is 12.6 Å². The molecule has 2 N–H and O–H groups in total. The van der Waals surface area contributed by atoms with Crippen LogP contribution < -0.4 is 5.32 Å². The topological polar surface area (TPSA) is 62.5 Å². The van der Waals surface area contributed by atoms with E-state index < -0.39 is 6.10 Å². The molecule has 2 aromatic heterocycles. The first-order valence-electron chi connectivity index (χ1n) is 5.95. The molecule has 4 nitrogen and oxygen atoms in total. The van der Waals surface area contributed by atoms with Gasteiger partial charge < -0.3 is 14.8 Å². The average Bonchev–Trinajstić information content (AvgIpc) is 3.09. The maximum atomic E-state index is 11.5. The number of hydrogen-bond donors (Lipinski definition) is 2. The molecule has 1 amide bonds. The number of furan rings is 1. The van der Waals surface area contributed by atoms with Gasteiger partial charge in [0.05, 0.1) is 6.26 Å². The van der Waals surface area contributed by atoms with Gasteiger partial charge in [-0.05, 0) is 47.0 Å². The van der Waals surface area contributed by atoms with Crippen molar-refractivity contribution in [2.45, 2.75) is 12.5 Å². The van der Waals surface area contributed by atoms with E-state index in [2.05, 4.69) is 5.32 Å². The summed E-state index contributed by atoms with van der Waals surface area (Å²) in [4.78, 5) is 11.5. The van der Waals surface area contributed by atoms with Crippen molar-refractivity contribution < 1.29 is 14.3 Å². The maximum Gasteiger partial charge on any atom is 0.244 e. The van der Waals surface area contributed by atoms with Crippen LogP contribution in [0.25, 0.3) is 6.08 Å². The lowest BCUT2D eigenvalue weighted by molar-refractivity contribution is -0.116. The van der Waals surface area contributed by atoms with Crippen molar-refractivity contribution in [1.29, 1.82) is 0 Å².